The van der Waals surface area contributed by atoms with Crippen LogP contribution in [-0.4, -0.2) is 50.2 Å². The molecule has 0 bridgehead atoms. The molecule has 2 aromatic rings. The molecule has 7 nitrogen and oxygen atoms in total. The van der Waals surface area contributed by atoms with Crippen molar-refractivity contribution in [2.45, 2.75) is 38.8 Å². The standard InChI is InChI=1S/C13H20N6O/c1-8(18(3)10-4-5-10)7-14-11-6-12-16-17-13(20)19(12)9(2)15-11/h6,8,10,14H,4-5,7H2,1-3H3,(H,17,20). The Morgan fingerprint density at radius 1 is 1.60 bits per heavy atom. The Bertz CT molecular complexity index is 671. The van der Waals surface area contributed by atoms with Gasteiger partial charge in [0.2, 0.25) is 0 Å². The van der Waals surface area contributed by atoms with Crippen LogP contribution in [0.3, 0.4) is 0 Å². The lowest BCUT2D eigenvalue weighted by molar-refractivity contribution is 0.257. The first kappa shape index (κ1) is 13.1. The molecule has 7 heteroatoms. The van der Waals surface area contributed by atoms with Gasteiger partial charge in [-0.1, -0.05) is 0 Å². The molecule has 1 saturated carbocycles. The van der Waals surface area contributed by atoms with Crippen LogP contribution >= 0.6 is 0 Å². The molecule has 108 valence electrons. The summed E-state index contributed by atoms with van der Waals surface area (Å²) in [6.45, 7) is 4.83. The van der Waals surface area contributed by atoms with Crippen LogP contribution in [-0.2, 0) is 0 Å². The summed E-state index contributed by atoms with van der Waals surface area (Å²) in [7, 11) is 2.17. The molecular formula is C13H20N6O. The van der Waals surface area contributed by atoms with Crippen LogP contribution in [0.15, 0.2) is 10.9 Å². The maximum Gasteiger partial charge on any atom is 0.349 e. The Morgan fingerprint density at radius 3 is 3.05 bits per heavy atom. The number of likely N-dealkylation sites (N-methyl/N-ethyl adjacent to an activating group) is 1. The number of anilines is 1. The number of rotatable bonds is 5. The fourth-order valence-electron chi connectivity index (χ4n) is 2.43. The number of nitrogens with one attached hydrogen (secondary N) is 2. The number of hydrogen-bond donors (Lipinski definition) is 2. The monoisotopic (exact) mass is 276 g/mol. The minimum Gasteiger partial charge on any atom is -0.368 e. The highest BCUT2D eigenvalue weighted by Gasteiger charge is 2.28. The van der Waals surface area contributed by atoms with Crippen molar-refractivity contribution in [2.24, 2.45) is 0 Å². The highest BCUT2D eigenvalue weighted by atomic mass is 16.1. The van der Waals surface area contributed by atoms with Crippen LogP contribution in [0.5, 0.6) is 0 Å². The largest absolute Gasteiger partial charge is 0.368 e. The topological polar surface area (TPSA) is 78.3 Å². The van der Waals surface area contributed by atoms with Gasteiger partial charge in [0.25, 0.3) is 0 Å². The van der Waals surface area contributed by atoms with Crippen molar-refractivity contribution in [3.05, 3.63) is 22.4 Å². The normalized spacial score (nSPS) is 16.8. The Kier molecular flexibility index (Phi) is 3.21. The second-order valence-corrected chi connectivity index (χ2v) is 5.54. The SMILES string of the molecule is Cc1nc(NCC(C)N(C)C2CC2)cc2n[nH]c(=O)n12. The number of aromatic nitrogens is 4. The van der Waals surface area contributed by atoms with Crippen molar-refractivity contribution in [1.29, 1.82) is 0 Å². The summed E-state index contributed by atoms with van der Waals surface area (Å²) in [5.74, 6) is 1.39. The zero-order valence-corrected chi connectivity index (χ0v) is 12.1. The summed E-state index contributed by atoms with van der Waals surface area (Å²) in [4.78, 5) is 18.3. The molecule has 1 aliphatic carbocycles. The van der Waals surface area contributed by atoms with Crippen LogP contribution in [0.2, 0.25) is 0 Å². The number of aryl methyl sites for hydroxylation is 1. The fourth-order valence-corrected chi connectivity index (χ4v) is 2.43. The van der Waals surface area contributed by atoms with Crippen molar-refractivity contribution in [2.75, 3.05) is 18.9 Å². The maximum atomic E-state index is 11.5. The van der Waals surface area contributed by atoms with E-state index in [0.29, 0.717) is 17.5 Å². The third-order valence-corrected chi connectivity index (χ3v) is 3.97. The predicted octanol–water partition coefficient (Wildman–Crippen LogP) is 0.621. The summed E-state index contributed by atoms with van der Waals surface area (Å²) in [6.07, 6.45) is 2.61. The van der Waals surface area contributed by atoms with Crippen LogP contribution in [0.4, 0.5) is 5.82 Å². The van der Waals surface area contributed by atoms with Crippen molar-refractivity contribution in [3.8, 4) is 0 Å². The van der Waals surface area contributed by atoms with E-state index in [0.717, 1.165) is 18.4 Å². The van der Waals surface area contributed by atoms with E-state index in [4.69, 9.17) is 0 Å². The number of nitrogens with zero attached hydrogens (tertiary/aromatic N) is 4. The van der Waals surface area contributed by atoms with Gasteiger partial charge in [-0.3, -0.25) is 4.90 Å². The highest BCUT2D eigenvalue weighted by molar-refractivity contribution is 5.49. The maximum absolute atomic E-state index is 11.5. The second-order valence-electron chi connectivity index (χ2n) is 5.54. The van der Waals surface area contributed by atoms with Gasteiger partial charge in [-0.05, 0) is 33.7 Å². The lowest BCUT2D eigenvalue weighted by atomic mass is 10.3. The van der Waals surface area contributed by atoms with Gasteiger partial charge in [-0.25, -0.2) is 19.3 Å². The van der Waals surface area contributed by atoms with Gasteiger partial charge in [0.15, 0.2) is 5.65 Å². The Morgan fingerprint density at radius 2 is 2.35 bits per heavy atom. The molecule has 1 atom stereocenters. The average molecular weight is 276 g/mol. The third-order valence-electron chi connectivity index (χ3n) is 3.97. The summed E-state index contributed by atoms with van der Waals surface area (Å²) in [6, 6.07) is 2.98. The molecule has 2 aromatic heterocycles. The summed E-state index contributed by atoms with van der Waals surface area (Å²) in [5.41, 5.74) is 0.339. The van der Waals surface area contributed by atoms with E-state index in [2.05, 4.69) is 39.4 Å². The third kappa shape index (κ3) is 2.40. The molecule has 0 aliphatic heterocycles. The van der Waals surface area contributed by atoms with E-state index >= 15 is 0 Å². The number of hydrogen-bond acceptors (Lipinski definition) is 5. The van der Waals surface area contributed by atoms with Crippen LogP contribution < -0.4 is 11.0 Å². The van der Waals surface area contributed by atoms with Crippen molar-refractivity contribution in [3.63, 3.8) is 0 Å². The van der Waals surface area contributed by atoms with E-state index in [-0.39, 0.29) is 5.69 Å². The number of fused-ring (bicyclic) bond motifs is 1. The molecule has 0 spiro atoms. The molecule has 0 saturated heterocycles. The minimum atomic E-state index is -0.251. The van der Waals surface area contributed by atoms with Gasteiger partial charge in [0.05, 0.1) is 0 Å². The van der Waals surface area contributed by atoms with E-state index < -0.39 is 0 Å². The Hall–Kier alpha value is -1.89. The molecule has 0 aromatic carbocycles. The average Bonchev–Trinajstić information content (AvgIpc) is 3.20. The highest BCUT2D eigenvalue weighted by Crippen LogP contribution is 2.26. The first-order chi connectivity index (χ1) is 9.56. The summed E-state index contributed by atoms with van der Waals surface area (Å²) >= 11 is 0. The van der Waals surface area contributed by atoms with E-state index in [9.17, 15) is 4.79 Å². The second kappa shape index (κ2) is 4.90. The van der Waals surface area contributed by atoms with Gasteiger partial charge in [0, 0.05) is 24.7 Å². The summed E-state index contributed by atoms with van der Waals surface area (Å²) < 4.78 is 1.46. The summed E-state index contributed by atoms with van der Waals surface area (Å²) in [5, 5.41) is 9.74. The van der Waals surface area contributed by atoms with Crippen LogP contribution in [0, 0.1) is 6.92 Å². The Balaban J connectivity index is 1.72. The van der Waals surface area contributed by atoms with Crippen molar-refractivity contribution in [1.82, 2.24) is 24.5 Å². The first-order valence-electron chi connectivity index (χ1n) is 6.97. The van der Waals surface area contributed by atoms with Gasteiger partial charge >= 0.3 is 5.69 Å². The lowest BCUT2D eigenvalue weighted by Crippen LogP contribution is -2.36. The smallest absolute Gasteiger partial charge is 0.349 e. The molecule has 1 unspecified atom stereocenters. The van der Waals surface area contributed by atoms with E-state index in [1.165, 1.54) is 17.2 Å². The van der Waals surface area contributed by atoms with Crippen molar-refractivity contribution < 1.29 is 0 Å². The fraction of sp³-hybridized carbons (Fsp3) is 0.615. The lowest BCUT2D eigenvalue weighted by Gasteiger charge is -2.24. The zero-order chi connectivity index (χ0) is 14.3. The first-order valence-corrected chi connectivity index (χ1v) is 6.97. The zero-order valence-electron chi connectivity index (χ0n) is 12.1. The molecular weight excluding hydrogens is 256 g/mol. The molecule has 2 N–H and O–H groups in total. The quantitative estimate of drug-likeness (QED) is 0.837. The Labute approximate surface area is 117 Å². The molecule has 1 aliphatic rings. The van der Waals surface area contributed by atoms with E-state index in [1.807, 2.05) is 0 Å². The molecule has 20 heavy (non-hydrogen) atoms. The molecule has 0 amide bonds. The van der Waals surface area contributed by atoms with Crippen LogP contribution in [0.25, 0.3) is 5.65 Å². The number of H-pyrrole nitrogens is 1. The van der Waals surface area contributed by atoms with Gasteiger partial charge in [-0.2, -0.15) is 5.10 Å². The number of aromatic amines is 1. The molecule has 3 rings (SSSR count). The van der Waals surface area contributed by atoms with Gasteiger partial charge in [0.1, 0.15) is 11.6 Å². The predicted molar refractivity (Wildman–Crippen MR) is 77.1 cm³/mol. The minimum absolute atomic E-state index is 0.251. The van der Waals surface area contributed by atoms with Crippen molar-refractivity contribution >= 4 is 11.5 Å². The van der Waals surface area contributed by atoms with Gasteiger partial charge in [-0.15, -0.1) is 0 Å². The molecule has 2 heterocycles. The van der Waals surface area contributed by atoms with Crippen LogP contribution in [0.1, 0.15) is 25.6 Å². The van der Waals surface area contributed by atoms with E-state index in [1.54, 1.807) is 13.0 Å². The molecule has 0 radical (unpaired) electrons. The van der Waals surface area contributed by atoms with Gasteiger partial charge < -0.3 is 5.32 Å². The molecule has 1 fully saturated rings.